The Labute approximate surface area is 86.0 Å². The molecule has 2 heterocycles. The minimum Gasteiger partial charge on any atom is -0.379 e. The Kier molecular flexibility index (Phi) is 2.19. The van der Waals surface area contributed by atoms with Gasteiger partial charge in [0, 0.05) is 0 Å². The number of aliphatic hydroxyl groups excluding tert-OH is 1. The fourth-order valence-corrected chi connectivity index (χ4v) is 2.26. The van der Waals surface area contributed by atoms with Gasteiger partial charge in [0.25, 0.3) is 0 Å². The second-order valence-electron chi connectivity index (χ2n) is 2.95. The number of aliphatic hydroxyl groups is 1. The molecule has 0 bridgehead atoms. The van der Waals surface area contributed by atoms with Crippen molar-refractivity contribution in [1.29, 1.82) is 0 Å². The molecule has 82 valence electrons. The molecule has 0 aliphatic rings. The maximum atomic E-state index is 12.3. The summed E-state index contributed by atoms with van der Waals surface area (Å²) in [5.74, 6) is 0. The van der Waals surface area contributed by atoms with Crippen molar-refractivity contribution in [3.63, 3.8) is 0 Å². The maximum absolute atomic E-state index is 12.3. The summed E-state index contributed by atoms with van der Waals surface area (Å²) < 4.78 is 38.0. The Bertz CT molecular complexity index is 489. The van der Waals surface area contributed by atoms with Gasteiger partial charge in [0.15, 0.2) is 6.10 Å². The lowest BCUT2D eigenvalue weighted by Crippen LogP contribution is -2.20. The molecule has 2 aromatic rings. The fraction of sp³-hybridized carbons (Fsp3) is 0.429. The van der Waals surface area contributed by atoms with Crippen LogP contribution in [0.2, 0.25) is 0 Å². The van der Waals surface area contributed by atoms with Gasteiger partial charge >= 0.3 is 6.18 Å². The third-order valence-electron chi connectivity index (χ3n) is 1.95. The largest absolute Gasteiger partial charge is 0.419 e. The van der Waals surface area contributed by atoms with E-state index in [4.69, 9.17) is 5.11 Å². The highest BCUT2D eigenvalue weighted by Crippen LogP contribution is 2.37. The minimum absolute atomic E-state index is 0.168. The van der Waals surface area contributed by atoms with Crippen LogP contribution < -0.4 is 0 Å². The molecule has 0 aromatic carbocycles. The smallest absolute Gasteiger partial charge is 0.379 e. The third-order valence-corrected chi connectivity index (χ3v) is 3.15. The van der Waals surface area contributed by atoms with Crippen LogP contribution in [0.1, 0.15) is 16.7 Å². The molecule has 2 aromatic heterocycles. The molecule has 1 N–H and O–H groups in total. The van der Waals surface area contributed by atoms with Crippen LogP contribution in [0.3, 0.4) is 0 Å². The van der Waals surface area contributed by atoms with Crippen molar-refractivity contribution in [1.82, 2.24) is 14.6 Å². The zero-order valence-electron chi connectivity index (χ0n) is 7.49. The van der Waals surface area contributed by atoms with Gasteiger partial charge in [-0.1, -0.05) is 11.3 Å². The molecule has 4 nitrogen and oxygen atoms in total. The van der Waals surface area contributed by atoms with Crippen LogP contribution in [0, 0.1) is 6.92 Å². The van der Waals surface area contributed by atoms with E-state index in [0.29, 0.717) is 4.96 Å². The summed E-state index contributed by atoms with van der Waals surface area (Å²) >= 11 is 0.785. The minimum atomic E-state index is -4.66. The van der Waals surface area contributed by atoms with Crippen molar-refractivity contribution in [3.8, 4) is 0 Å². The third kappa shape index (κ3) is 1.59. The van der Waals surface area contributed by atoms with Gasteiger partial charge in [0.05, 0.1) is 10.6 Å². The first-order valence-corrected chi connectivity index (χ1v) is 4.76. The monoisotopic (exact) mass is 237 g/mol. The van der Waals surface area contributed by atoms with E-state index in [-0.39, 0.29) is 10.6 Å². The summed E-state index contributed by atoms with van der Waals surface area (Å²) in [5.41, 5.74) is 0.261. The SMILES string of the molecule is Cc1c(C(O)C(F)(F)F)sc2ncnn12. The molecule has 8 heteroatoms. The average molecular weight is 237 g/mol. The van der Waals surface area contributed by atoms with Crippen LogP contribution >= 0.6 is 11.3 Å². The van der Waals surface area contributed by atoms with Gasteiger partial charge in [-0.15, -0.1) is 0 Å². The lowest BCUT2D eigenvalue weighted by Gasteiger charge is -2.12. The Morgan fingerprint density at radius 3 is 2.73 bits per heavy atom. The first-order valence-electron chi connectivity index (χ1n) is 3.95. The quantitative estimate of drug-likeness (QED) is 0.821. The van der Waals surface area contributed by atoms with Crippen molar-refractivity contribution < 1.29 is 18.3 Å². The van der Waals surface area contributed by atoms with Gasteiger partial charge in [-0.25, -0.2) is 9.50 Å². The van der Waals surface area contributed by atoms with E-state index in [1.54, 1.807) is 0 Å². The molecule has 0 aliphatic heterocycles. The number of halogens is 3. The predicted octanol–water partition coefficient (Wildman–Crippen LogP) is 1.69. The van der Waals surface area contributed by atoms with E-state index < -0.39 is 12.3 Å². The molecule has 0 aliphatic carbocycles. The second kappa shape index (κ2) is 3.17. The summed E-state index contributed by atoms with van der Waals surface area (Å²) in [5, 5.41) is 12.8. The van der Waals surface area contributed by atoms with E-state index in [2.05, 4.69) is 10.1 Å². The second-order valence-corrected chi connectivity index (χ2v) is 3.96. The van der Waals surface area contributed by atoms with E-state index in [9.17, 15) is 13.2 Å². The van der Waals surface area contributed by atoms with Crippen molar-refractivity contribution in [2.24, 2.45) is 0 Å². The first-order chi connectivity index (χ1) is 6.91. The molecule has 0 radical (unpaired) electrons. The highest BCUT2D eigenvalue weighted by molar-refractivity contribution is 7.17. The van der Waals surface area contributed by atoms with Crippen LogP contribution in [0.25, 0.3) is 4.96 Å². The van der Waals surface area contributed by atoms with E-state index >= 15 is 0 Å². The van der Waals surface area contributed by atoms with Gasteiger partial charge in [-0.05, 0) is 6.92 Å². The standard InChI is InChI=1S/C7H6F3N3OS/c1-3-4(5(14)7(8,9)10)15-6-11-2-12-13(3)6/h2,5,14H,1H3. The highest BCUT2D eigenvalue weighted by Gasteiger charge is 2.41. The Morgan fingerprint density at radius 2 is 2.20 bits per heavy atom. The summed E-state index contributed by atoms with van der Waals surface area (Å²) in [6.07, 6.45) is -5.87. The molecule has 0 spiro atoms. The first kappa shape index (κ1) is 10.4. The molecule has 0 saturated heterocycles. The molecule has 1 unspecified atom stereocenters. The number of aromatic nitrogens is 3. The average Bonchev–Trinajstić information content (AvgIpc) is 2.66. The van der Waals surface area contributed by atoms with Crippen LogP contribution in [-0.4, -0.2) is 25.9 Å². The zero-order chi connectivity index (χ0) is 11.2. The summed E-state index contributed by atoms with van der Waals surface area (Å²) in [4.78, 5) is 3.93. The van der Waals surface area contributed by atoms with Crippen molar-refractivity contribution >= 4 is 16.3 Å². The molecular weight excluding hydrogens is 231 g/mol. The number of alkyl halides is 3. The fourth-order valence-electron chi connectivity index (χ4n) is 1.21. The van der Waals surface area contributed by atoms with Crippen LogP contribution in [-0.2, 0) is 0 Å². The van der Waals surface area contributed by atoms with Crippen molar-refractivity contribution in [3.05, 3.63) is 16.9 Å². The Hall–Kier alpha value is -1.15. The number of nitrogens with zero attached hydrogens (tertiary/aromatic N) is 3. The van der Waals surface area contributed by atoms with Gasteiger partial charge in [0.2, 0.25) is 4.96 Å². The van der Waals surface area contributed by atoms with E-state index in [1.807, 2.05) is 0 Å². The number of rotatable bonds is 1. The van der Waals surface area contributed by atoms with Crippen LogP contribution in [0.4, 0.5) is 13.2 Å². The summed E-state index contributed by atoms with van der Waals surface area (Å²) in [7, 11) is 0. The van der Waals surface area contributed by atoms with Crippen molar-refractivity contribution in [2.75, 3.05) is 0 Å². The number of hydrogen-bond acceptors (Lipinski definition) is 4. The molecule has 15 heavy (non-hydrogen) atoms. The van der Waals surface area contributed by atoms with E-state index in [1.165, 1.54) is 17.8 Å². The number of aryl methyl sites for hydroxylation is 1. The molecule has 0 fully saturated rings. The van der Waals surface area contributed by atoms with Crippen molar-refractivity contribution in [2.45, 2.75) is 19.2 Å². The van der Waals surface area contributed by atoms with Gasteiger partial charge in [-0.3, -0.25) is 0 Å². The predicted molar refractivity (Wildman–Crippen MR) is 46.6 cm³/mol. The molecule has 0 saturated carbocycles. The number of fused-ring (bicyclic) bond motifs is 1. The number of hydrogen-bond donors (Lipinski definition) is 1. The summed E-state index contributed by atoms with van der Waals surface area (Å²) in [6.45, 7) is 1.46. The summed E-state index contributed by atoms with van der Waals surface area (Å²) in [6, 6.07) is 0. The topological polar surface area (TPSA) is 50.4 Å². The maximum Gasteiger partial charge on any atom is 0.419 e. The van der Waals surface area contributed by atoms with Crippen LogP contribution in [0.5, 0.6) is 0 Å². The number of thiazole rings is 1. The van der Waals surface area contributed by atoms with Gasteiger partial charge in [-0.2, -0.15) is 18.3 Å². The lowest BCUT2D eigenvalue weighted by atomic mass is 10.2. The van der Waals surface area contributed by atoms with Crippen LogP contribution in [0.15, 0.2) is 6.33 Å². The van der Waals surface area contributed by atoms with Gasteiger partial charge in [0.1, 0.15) is 6.33 Å². The molecule has 2 rings (SSSR count). The molecule has 0 amide bonds. The molecular formula is C7H6F3N3OS. The molecule has 1 atom stereocenters. The Morgan fingerprint density at radius 1 is 1.53 bits per heavy atom. The Balaban J connectivity index is 2.52. The van der Waals surface area contributed by atoms with E-state index in [0.717, 1.165) is 11.3 Å². The normalized spacial score (nSPS) is 14.7. The van der Waals surface area contributed by atoms with Gasteiger partial charge < -0.3 is 5.11 Å². The lowest BCUT2D eigenvalue weighted by molar-refractivity contribution is -0.205. The highest BCUT2D eigenvalue weighted by atomic mass is 32.1. The zero-order valence-corrected chi connectivity index (χ0v) is 8.30.